The third-order valence-electron chi connectivity index (χ3n) is 8.72. The molecule has 1 aromatic carbocycles. The second-order valence-corrected chi connectivity index (χ2v) is 11.6. The fourth-order valence-corrected chi connectivity index (χ4v) is 6.25. The highest BCUT2D eigenvalue weighted by Crippen LogP contribution is 2.65. The number of nitrogens with two attached hydrogens (primary N) is 1. The van der Waals surface area contributed by atoms with Crippen LogP contribution in [0.4, 0.5) is 32.0 Å². The number of fused-ring (bicyclic) bond motifs is 5. The van der Waals surface area contributed by atoms with Crippen LogP contribution in [0.2, 0.25) is 0 Å². The van der Waals surface area contributed by atoms with Gasteiger partial charge >= 0.3 is 12.4 Å². The van der Waals surface area contributed by atoms with E-state index in [0.29, 0.717) is 11.6 Å². The van der Waals surface area contributed by atoms with Crippen molar-refractivity contribution in [3.63, 3.8) is 0 Å². The van der Waals surface area contributed by atoms with Crippen LogP contribution in [0.25, 0.3) is 11.6 Å². The number of halogens is 6. The van der Waals surface area contributed by atoms with Gasteiger partial charge in [0.1, 0.15) is 5.69 Å². The van der Waals surface area contributed by atoms with Crippen LogP contribution in [0.3, 0.4) is 0 Å². The number of benzene rings is 1. The number of hydrogen-bond acceptors (Lipinski definition) is 7. The first-order chi connectivity index (χ1) is 19.7. The van der Waals surface area contributed by atoms with Crippen molar-refractivity contribution in [2.45, 2.75) is 74.9 Å². The maximum Gasteiger partial charge on any atom is 0.426 e. The highest BCUT2D eigenvalue weighted by molar-refractivity contribution is 5.95. The lowest BCUT2D eigenvalue weighted by Crippen LogP contribution is -2.55. The Bertz CT molecular complexity index is 1520. The molecule has 3 fully saturated rings. The van der Waals surface area contributed by atoms with E-state index in [-0.39, 0.29) is 37.8 Å². The minimum Gasteiger partial charge on any atom is -0.416 e. The van der Waals surface area contributed by atoms with E-state index in [9.17, 15) is 36.2 Å². The maximum absolute atomic E-state index is 14.1. The first-order valence-corrected chi connectivity index (χ1v) is 13.6. The Balaban J connectivity index is 1.42. The molecule has 6 bridgehead atoms. The lowest BCUT2D eigenvalue weighted by atomic mass is 9.42. The average molecular weight is 596 g/mol. The Morgan fingerprint density at radius 3 is 2.40 bits per heavy atom. The molecule has 3 aromatic rings. The number of anilines is 1. The smallest absolute Gasteiger partial charge is 0.416 e. The number of alkyl halides is 6. The molecule has 8 nitrogen and oxygen atoms in total. The maximum atomic E-state index is 14.1. The van der Waals surface area contributed by atoms with Crippen LogP contribution >= 0.6 is 0 Å². The zero-order valence-corrected chi connectivity index (χ0v) is 22.2. The molecular weight excluding hydrogens is 568 g/mol. The summed E-state index contributed by atoms with van der Waals surface area (Å²) >= 11 is 0. The first-order valence-electron chi connectivity index (χ1n) is 13.6. The van der Waals surface area contributed by atoms with E-state index in [1.54, 1.807) is 6.07 Å². The first kappa shape index (κ1) is 28.4. The van der Waals surface area contributed by atoms with Gasteiger partial charge in [0.05, 0.1) is 11.3 Å². The number of rotatable bonds is 3. The van der Waals surface area contributed by atoms with Crippen molar-refractivity contribution in [3.8, 4) is 11.6 Å². The van der Waals surface area contributed by atoms with Crippen molar-refractivity contribution >= 4 is 11.6 Å². The van der Waals surface area contributed by atoms with E-state index >= 15 is 0 Å². The standard InChI is InChI=1S/C28H27F6N5O3/c29-27(30,31)18-10-19(35)21-22-37-38-24(42-22)26(41,28(32,33)34)7-2-1-3-8-39(23(40)20(18)36-21)14-15-5-4-6-17(9-15)25-11-16(12-25)13-25/h4-6,9-10,16,41H,1-3,7-8,11-14,35H2/t16?,25?,26-/m1/s1. The summed E-state index contributed by atoms with van der Waals surface area (Å²) in [5, 5.41) is 17.4. The predicted octanol–water partition coefficient (Wildman–Crippen LogP) is 5.75. The van der Waals surface area contributed by atoms with Gasteiger partial charge in [0.25, 0.3) is 17.7 Å². The molecule has 3 saturated carbocycles. The molecule has 14 heteroatoms. The zero-order valence-electron chi connectivity index (χ0n) is 22.2. The van der Waals surface area contributed by atoms with Crippen LogP contribution in [-0.2, 0) is 23.7 Å². The van der Waals surface area contributed by atoms with Gasteiger partial charge < -0.3 is 20.2 Å². The summed E-state index contributed by atoms with van der Waals surface area (Å²) in [6, 6.07) is 8.08. The SMILES string of the molecule is Nc1cc(C(F)(F)F)c2nc1-c1nnc(o1)[C@@](O)(C(F)(F)F)CCCCCN(Cc1cccc(C34CC(C3)C4)c1)C2=O. The molecule has 0 saturated heterocycles. The molecule has 4 aliphatic rings. The number of carbonyl (C=O) groups is 1. The molecule has 3 N–H and O–H groups in total. The minimum absolute atomic E-state index is 0.0396. The van der Waals surface area contributed by atoms with Crippen molar-refractivity contribution in [3.05, 3.63) is 58.6 Å². The average Bonchev–Trinajstić information content (AvgIpc) is 3.34. The lowest BCUT2D eigenvalue weighted by molar-refractivity contribution is -0.277. The number of aromatic nitrogens is 3. The molecular formula is C28H27F6N5O3. The molecule has 42 heavy (non-hydrogen) atoms. The molecule has 1 amide bonds. The van der Waals surface area contributed by atoms with Crippen LogP contribution in [-0.4, -0.2) is 43.8 Å². The molecule has 2 aromatic heterocycles. The summed E-state index contributed by atoms with van der Waals surface area (Å²) in [6.07, 6.45) is -7.61. The van der Waals surface area contributed by atoms with Crippen LogP contribution in [0.15, 0.2) is 34.7 Å². The molecule has 1 aliphatic heterocycles. The quantitative estimate of drug-likeness (QED) is 0.370. The summed E-state index contributed by atoms with van der Waals surface area (Å²) in [5.74, 6) is -2.25. The Kier molecular flexibility index (Phi) is 6.55. The molecule has 3 heterocycles. The number of hydrogen-bond donors (Lipinski definition) is 2. The van der Waals surface area contributed by atoms with Gasteiger partial charge in [-0.3, -0.25) is 4.79 Å². The highest BCUT2D eigenvalue weighted by atomic mass is 19.4. The number of nitrogens with zero attached hydrogens (tertiary/aromatic N) is 4. The van der Waals surface area contributed by atoms with E-state index in [1.807, 2.05) is 18.2 Å². The third kappa shape index (κ3) is 4.69. The van der Waals surface area contributed by atoms with Crippen molar-refractivity contribution in [1.29, 1.82) is 0 Å². The monoisotopic (exact) mass is 595 g/mol. The van der Waals surface area contributed by atoms with E-state index in [4.69, 9.17) is 10.2 Å². The van der Waals surface area contributed by atoms with Crippen molar-refractivity contribution in [2.75, 3.05) is 12.3 Å². The minimum atomic E-state index is -5.19. The normalized spacial score (nSPS) is 26.3. The van der Waals surface area contributed by atoms with E-state index < -0.39 is 64.7 Å². The van der Waals surface area contributed by atoms with Gasteiger partial charge in [0, 0.05) is 13.1 Å². The van der Waals surface area contributed by atoms with E-state index in [0.717, 1.165) is 30.7 Å². The second-order valence-electron chi connectivity index (χ2n) is 11.6. The summed E-state index contributed by atoms with van der Waals surface area (Å²) in [6.45, 7) is -0.0974. The van der Waals surface area contributed by atoms with Crippen LogP contribution < -0.4 is 5.73 Å². The number of aliphatic hydroxyl groups is 1. The molecule has 3 aliphatic carbocycles. The van der Waals surface area contributed by atoms with Gasteiger partial charge in [-0.05, 0) is 67.1 Å². The third-order valence-corrected chi connectivity index (χ3v) is 8.72. The molecule has 0 unspecified atom stereocenters. The van der Waals surface area contributed by atoms with E-state index in [2.05, 4.69) is 15.2 Å². The van der Waals surface area contributed by atoms with Gasteiger partial charge in [-0.25, -0.2) is 4.98 Å². The Morgan fingerprint density at radius 2 is 1.76 bits per heavy atom. The van der Waals surface area contributed by atoms with Gasteiger partial charge in [-0.1, -0.05) is 30.7 Å². The number of nitrogen functional groups attached to an aromatic ring is 1. The largest absolute Gasteiger partial charge is 0.426 e. The molecule has 0 radical (unpaired) electrons. The Morgan fingerprint density at radius 1 is 1.02 bits per heavy atom. The zero-order chi connectivity index (χ0) is 30.1. The highest BCUT2D eigenvalue weighted by Gasteiger charge is 2.59. The summed E-state index contributed by atoms with van der Waals surface area (Å²) in [4.78, 5) is 18.8. The van der Waals surface area contributed by atoms with Crippen molar-refractivity contribution < 1.29 is 40.7 Å². The van der Waals surface area contributed by atoms with E-state index in [1.165, 1.54) is 4.90 Å². The molecule has 1 atom stereocenters. The van der Waals surface area contributed by atoms with Gasteiger partial charge in [0.2, 0.25) is 5.60 Å². The van der Waals surface area contributed by atoms with Gasteiger partial charge in [0.15, 0.2) is 5.69 Å². The fraction of sp³-hybridized carbons (Fsp3) is 0.500. The Hall–Kier alpha value is -3.68. The van der Waals surface area contributed by atoms with Crippen molar-refractivity contribution in [1.82, 2.24) is 20.1 Å². The number of pyridine rings is 1. The molecule has 224 valence electrons. The Labute approximate surface area is 235 Å². The summed E-state index contributed by atoms with van der Waals surface area (Å²) in [7, 11) is 0. The van der Waals surface area contributed by atoms with Gasteiger partial charge in [-0.15, -0.1) is 10.2 Å². The molecule has 7 rings (SSSR count). The number of amides is 1. The fourth-order valence-electron chi connectivity index (χ4n) is 6.25. The summed E-state index contributed by atoms with van der Waals surface area (Å²) < 4.78 is 89.3. The predicted molar refractivity (Wildman–Crippen MR) is 136 cm³/mol. The van der Waals surface area contributed by atoms with Crippen molar-refractivity contribution in [2.24, 2.45) is 5.92 Å². The topological polar surface area (TPSA) is 118 Å². The van der Waals surface area contributed by atoms with Gasteiger partial charge in [-0.2, -0.15) is 26.3 Å². The second kappa shape index (κ2) is 9.68. The number of carbonyl (C=O) groups excluding carboxylic acids is 1. The summed E-state index contributed by atoms with van der Waals surface area (Å²) in [5.41, 5.74) is 0.627. The van der Waals surface area contributed by atoms with Crippen LogP contribution in [0.1, 0.15) is 78.0 Å². The van der Waals surface area contributed by atoms with Crippen LogP contribution in [0.5, 0.6) is 0 Å². The molecule has 0 spiro atoms. The van der Waals surface area contributed by atoms with Crippen LogP contribution in [0, 0.1) is 5.92 Å². The lowest BCUT2D eigenvalue weighted by Gasteiger charge is -2.62.